The Morgan fingerprint density at radius 3 is 2.61 bits per heavy atom. The molecule has 0 aromatic carbocycles. The molecule has 0 aliphatic carbocycles. The number of fused-ring (bicyclic) bond motifs is 1. The first-order valence-corrected chi connectivity index (χ1v) is 7.55. The lowest BCUT2D eigenvalue weighted by Gasteiger charge is -2.28. The smallest absolute Gasteiger partial charge is 0.281 e. The Hall–Kier alpha value is -2.62. The molecule has 0 saturated carbocycles. The highest BCUT2D eigenvalue weighted by atomic mass is 16.1. The minimum absolute atomic E-state index is 0.148. The van der Waals surface area contributed by atoms with Crippen molar-refractivity contribution in [3.8, 4) is 0 Å². The summed E-state index contributed by atoms with van der Waals surface area (Å²) in [5.41, 5.74) is 11.4. The van der Waals surface area contributed by atoms with Crippen LogP contribution in [0.25, 0.3) is 11.2 Å². The van der Waals surface area contributed by atoms with Gasteiger partial charge < -0.3 is 26.3 Å². The Kier molecular flexibility index (Phi) is 3.90. The third-order valence-electron chi connectivity index (χ3n) is 3.89. The van der Waals surface area contributed by atoms with Crippen LogP contribution in [0.15, 0.2) is 9.79 Å². The molecule has 124 valence electrons. The highest BCUT2D eigenvalue weighted by molar-refractivity contribution is 5.79. The van der Waals surface area contributed by atoms with Crippen molar-refractivity contribution in [2.24, 2.45) is 23.5 Å². The van der Waals surface area contributed by atoms with Crippen molar-refractivity contribution >= 4 is 29.0 Å². The summed E-state index contributed by atoms with van der Waals surface area (Å²) in [4.78, 5) is 27.6. The maximum absolute atomic E-state index is 12.7. The van der Waals surface area contributed by atoms with E-state index in [1.807, 2.05) is 11.5 Å². The fraction of sp³-hybridized carbons (Fsp3) is 0.538. The average Bonchev–Trinajstić information content (AvgIpc) is 2.91. The number of rotatable bonds is 3. The first kappa shape index (κ1) is 15.3. The summed E-state index contributed by atoms with van der Waals surface area (Å²) in [6.07, 6.45) is 0. The van der Waals surface area contributed by atoms with Gasteiger partial charge in [-0.05, 0) is 6.92 Å². The number of imidazole rings is 1. The van der Waals surface area contributed by atoms with Crippen LogP contribution in [-0.4, -0.2) is 51.2 Å². The Morgan fingerprint density at radius 1 is 1.30 bits per heavy atom. The lowest BCUT2D eigenvalue weighted by Crippen LogP contribution is -2.44. The van der Waals surface area contributed by atoms with Gasteiger partial charge in [0.15, 0.2) is 17.1 Å². The van der Waals surface area contributed by atoms with E-state index in [1.165, 1.54) is 4.57 Å². The van der Waals surface area contributed by atoms with E-state index in [0.717, 1.165) is 32.1 Å². The standard InChI is InChI=1S/C13H21N9O/c1-3-22-8-9(18-13(22)21-6-4-16-5-7-21)17-12(19-11(14)15)20(2)10(8)23/h16H,3-7H2,1-2H3,(H4,14,15,17,19). The molecule has 1 fully saturated rings. The van der Waals surface area contributed by atoms with E-state index in [1.54, 1.807) is 7.05 Å². The van der Waals surface area contributed by atoms with Crippen molar-refractivity contribution in [3.05, 3.63) is 10.4 Å². The van der Waals surface area contributed by atoms with Crippen molar-refractivity contribution in [2.75, 3.05) is 31.1 Å². The van der Waals surface area contributed by atoms with E-state index in [0.29, 0.717) is 17.7 Å². The summed E-state index contributed by atoms with van der Waals surface area (Å²) in [7, 11) is 1.59. The van der Waals surface area contributed by atoms with Crippen LogP contribution in [-0.2, 0) is 13.6 Å². The second kappa shape index (κ2) is 5.88. The third kappa shape index (κ3) is 2.61. The molecule has 0 atom stereocenters. The van der Waals surface area contributed by atoms with Crippen LogP contribution in [0, 0.1) is 0 Å². The largest absolute Gasteiger partial charge is 0.370 e. The molecule has 0 unspecified atom stereocenters. The maximum atomic E-state index is 12.7. The second-order valence-corrected chi connectivity index (χ2v) is 5.38. The molecule has 0 bridgehead atoms. The number of hydrogen-bond acceptors (Lipinski definition) is 6. The van der Waals surface area contributed by atoms with E-state index >= 15 is 0 Å². The molecule has 3 rings (SSSR count). The molecular formula is C13H21N9O. The van der Waals surface area contributed by atoms with Gasteiger partial charge in [0.1, 0.15) is 0 Å². The lowest BCUT2D eigenvalue weighted by molar-refractivity contribution is 0.569. The fourth-order valence-corrected chi connectivity index (χ4v) is 2.76. The maximum Gasteiger partial charge on any atom is 0.281 e. The Bertz CT molecular complexity index is 809. The third-order valence-corrected chi connectivity index (χ3v) is 3.89. The SMILES string of the molecule is CCn1c(N2CCNCC2)nc2nc(N=C(N)N)n(C)c(=O)c21. The van der Waals surface area contributed by atoms with Gasteiger partial charge in [0.2, 0.25) is 11.9 Å². The first-order valence-electron chi connectivity index (χ1n) is 7.55. The van der Waals surface area contributed by atoms with Crippen molar-refractivity contribution in [1.29, 1.82) is 0 Å². The summed E-state index contributed by atoms with van der Waals surface area (Å²) in [6.45, 7) is 6.06. The van der Waals surface area contributed by atoms with Crippen LogP contribution in [0.4, 0.5) is 11.9 Å². The van der Waals surface area contributed by atoms with Gasteiger partial charge in [0.25, 0.3) is 5.56 Å². The molecule has 5 N–H and O–H groups in total. The number of hydrogen-bond donors (Lipinski definition) is 3. The highest BCUT2D eigenvalue weighted by Gasteiger charge is 2.22. The van der Waals surface area contributed by atoms with Crippen LogP contribution in [0.5, 0.6) is 0 Å². The molecule has 10 heteroatoms. The average molecular weight is 319 g/mol. The van der Waals surface area contributed by atoms with Gasteiger partial charge in [-0.2, -0.15) is 15.0 Å². The van der Waals surface area contributed by atoms with E-state index in [9.17, 15) is 4.79 Å². The molecule has 0 amide bonds. The van der Waals surface area contributed by atoms with Crippen molar-refractivity contribution < 1.29 is 0 Å². The molecule has 2 aromatic rings. The molecule has 10 nitrogen and oxygen atoms in total. The van der Waals surface area contributed by atoms with Gasteiger partial charge >= 0.3 is 0 Å². The number of aliphatic imine (C=N–C) groups is 1. The minimum Gasteiger partial charge on any atom is -0.370 e. The van der Waals surface area contributed by atoms with Crippen LogP contribution in [0.2, 0.25) is 0 Å². The molecule has 23 heavy (non-hydrogen) atoms. The number of guanidine groups is 1. The summed E-state index contributed by atoms with van der Waals surface area (Å²) in [6, 6.07) is 0. The van der Waals surface area contributed by atoms with Crippen LogP contribution < -0.4 is 27.2 Å². The number of nitrogens with zero attached hydrogens (tertiary/aromatic N) is 6. The van der Waals surface area contributed by atoms with E-state index in [-0.39, 0.29) is 17.5 Å². The Balaban J connectivity index is 2.22. The van der Waals surface area contributed by atoms with Crippen LogP contribution >= 0.6 is 0 Å². The number of piperazine rings is 1. The normalized spacial score (nSPS) is 15.1. The first-order chi connectivity index (χ1) is 11.0. The molecule has 0 radical (unpaired) electrons. The predicted molar refractivity (Wildman–Crippen MR) is 89.0 cm³/mol. The molecule has 2 aromatic heterocycles. The van der Waals surface area contributed by atoms with E-state index in [4.69, 9.17) is 11.5 Å². The number of aryl methyl sites for hydroxylation is 1. The Morgan fingerprint density at radius 2 is 2.00 bits per heavy atom. The number of aromatic nitrogens is 4. The summed E-state index contributed by atoms with van der Waals surface area (Å²) in [5, 5.41) is 3.30. The van der Waals surface area contributed by atoms with Crippen molar-refractivity contribution in [1.82, 2.24) is 24.4 Å². The molecule has 1 aliphatic heterocycles. The van der Waals surface area contributed by atoms with Gasteiger partial charge in [-0.3, -0.25) is 9.36 Å². The second-order valence-electron chi connectivity index (χ2n) is 5.38. The van der Waals surface area contributed by atoms with Crippen LogP contribution in [0.3, 0.4) is 0 Å². The van der Waals surface area contributed by atoms with E-state index < -0.39 is 0 Å². The minimum atomic E-state index is -0.217. The van der Waals surface area contributed by atoms with Gasteiger partial charge in [-0.1, -0.05) is 0 Å². The molecular weight excluding hydrogens is 298 g/mol. The Labute approximate surface area is 132 Å². The number of nitrogens with one attached hydrogen (secondary N) is 1. The quantitative estimate of drug-likeness (QED) is 0.461. The summed E-state index contributed by atoms with van der Waals surface area (Å²) < 4.78 is 3.23. The van der Waals surface area contributed by atoms with Crippen LogP contribution in [0.1, 0.15) is 6.92 Å². The van der Waals surface area contributed by atoms with Gasteiger partial charge in [-0.25, -0.2) is 0 Å². The molecule has 1 saturated heterocycles. The van der Waals surface area contributed by atoms with Gasteiger partial charge in [0.05, 0.1) is 0 Å². The molecule has 0 spiro atoms. The molecule has 1 aliphatic rings. The van der Waals surface area contributed by atoms with Crippen molar-refractivity contribution in [3.63, 3.8) is 0 Å². The summed E-state index contributed by atoms with van der Waals surface area (Å²) in [5.74, 6) is 0.759. The van der Waals surface area contributed by atoms with Crippen molar-refractivity contribution in [2.45, 2.75) is 13.5 Å². The predicted octanol–water partition coefficient (Wildman–Crippen LogP) is -1.54. The lowest BCUT2D eigenvalue weighted by atomic mass is 10.4. The van der Waals surface area contributed by atoms with Gasteiger partial charge in [-0.15, -0.1) is 0 Å². The zero-order chi connectivity index (χ0) is 16.6. The number of anilines is 1. The monoisotopic (exact) mass is 319 g/mol. The topological polar surface area (TPSA) is 132 Å². The van der Waals surface area contributed by atoms with E-state index in [2.05, 4.69) is 25.2 Å². The fourth-order valence-electron chi connectivity index (χ4n) is 2.76. The number of nitrogens with two attached hydrogens (primary N) is 2. The zero-order valence-corrected chi connectivity index (χ0v) is 13.3. The summed E-state index contributed by atoms with van der Waals surface area (Å²) >= 11 is 0. The van der Waals surface area contributed by atoms with Gasteiger partial charge in [0, 0.05) is 39.8 Å². The highest BCUT2D eigenvalue weighted by Crippen LogP contribution is 2.21. The zero-order valence-electron chi connectivity index (χ0n) is 13.3. The molecule has 3 heterocycles.